The summed E-state index contributed by atoms with van der Waals surface area (Å²) in [5, 5.41) is 0. The standard InChI is InChI=1S/C11H11N3O/c1-8(15)10-5-11(7-12-6-10)14-4-3-13-9(14)2/h3-7H,1-2H3. The third-order valence-electron chi connectivity index (χ3n) is 2.23. The highest BCUT2D eigenvalue weighted by molar-refractivity contribution is 5.94. The zero-order valence-electron chi connectivity index (χ0n) is 8.64. The highest BCUT2D eigenvalue weighted by atomic mass is 16.1. The number of aryl methyl sites for hydroxylation is 1. The number of hydrogen-bond acceptors (Lipinski definition) is 3. The maximum Gasteiger partial charge on any atom is 0.161 e. The normalized spacial score (nSPS) is 10.3. The fourth-order valence-electron chi connectivity index (χ4n) is 1.40. The van der Waals surface area contributed by atoms with Crippen molar-refractivity contribution in [2.45, 2.75) is 13.8 Å². The van der Waals surface area contributed by atoms with E-state index in [4.69, 9.17) is 0 Å². The van der Waals surface area contributed by atoms with Crippen molar-refractivity contribution in [2.75, 3.05) is 0 Å². The number of imidazole rings is 1. The molecule has 0 atom stereocenters. The molecule has 15 heavy (non-hydrogen) atoms. The number of carbonyl (C=O) groups is 1. The summed E-state index contributed by atoms with van der Waals surface area (Å²) in [5.41, 5.74) is 1.47. The van der Waals surface area contributed by atoms with Crippen LogP contribution in [0.3, 0.4) is 0 Å². The molecule has 0 saturated carbocycles. The SMILES string of the molecule is CC(=O)c1cncc(-n2ccnc2C)c1. The molecular formula is C11H11N3O. The van der Waals surface area contributed by atoms with Crippen molar-refractivity contribution >= 4 is 5.78 Å². The van der Waals surface area contributed by atoms with Gasteiger partial charge >= 0.3 is 0 Å². The van der Waals surface area contributed by atoms with Crippen LogP contribution in [0.25, 0.3) is 5.69 Å². The fourth-order valence-corrected chi connectivity index (χ4v) is 1.40. The fraction of sp³-hybridized carbons (Fsp3) is 0.182. The summed E-state index contributed by atoms with van der Waals surface area (Å²) in [7, 11) is 0. The Hall–Kier alpha value is -1.97. The van der Waals surface area contributed by atoms with Crippen LogP contribution in [-0.2, 0) is 0 Å². The van der Waals surface area contributed by atoms with Gasteiger partial charge in [0.05, 0.1) is 11.9 Å². The summed E-state index contributed by atoms with van der Waals surface area (Å²) < 4.78 is 1.89. The average molecular weight is 201 g/mol. The molecule has 0 spiro atoms. The monoisotopic (exact) mass is 201 g/mol. The number of Topliss-reactive ketones (excluding diaryl/α,β-unsaturated/α-hetero) is 1. The second-order valence-corrected chi connectivity index (χ2v) is 3.33. The molecule has 4 nitrogen and oxygen atoms in total. The molecule has 2 aromatic heterocycles. The number of nitrogens with zero attached hydrogens (tertiary/aromatic N) is 3. The number of aromatic nitrogens is 3. The Bertz CT molecular complexity index is 502. The zero-order chi connectivity index (χ0) is 10.8. The molecule has 0 aliphatic carbocycles. The van der Waals surface area contributed by atoms with Gasteiger partial charge in [-0.2, -0.15) is 0 Å². The molecule has 2 rings (SSSR count). The van der Waals surface area contributed by atoms with Crippen LogP contribution in [0.15, 0.2) is 30.9 Å². The highest BCUT2D eigenvalue weighted by Crippen LogP contribution is 2.11. The third kappa shape index (κ3) is 1.79. The summed E-state index contributed by atoms with van der Waals surface area (Å²) in [4.78, 5) is 19.3. The van der Waals surface area contributed by atoms with Crippen molar-refractivity contribution in [1.82, 2.24) is 14.5 Å². The van der Waals surface area contributed by atoms with Gasteiger partial charge in [-0.1, -0.05) is 0 Å². The minimum Gasteiger partial charge on any atom is -0.302 e. The van der Waals surface area contributed by atoms with E-state index in [0.717, 1.165) is 11.5 Å². The van der Waals surface area contributed by atoms with Crippen LogP contribution in [0.5, 0.6) is 0 Å². The number of carbonyl (C=O) groups excluding carboxylic acids is 1. The smallest absolute Gasteiger partial charge is 0.161 e. The van der Waals surface area contributed by atoms with E-state index in [1.54, 1.807) is 18.6 Å². The molecule has 0 saturated heterocycles. The number of pyridine rings is 1. The van der Waals surface area contributed by atoms with Gasteiger partial charge in [-0.25, -0.2) is 4.98 Å². The Morgan fingerprint density at radius 3 is 2.80 bits per heavy atom. The Morgan fingerprint density at radius 2 is 2.20 bits per heavy atom. The maximum atomic E-state index is 11.2. The van der Waals surface area contributed by atoms with Gasteiger partial charge in [0.25, 0.3) is 0 Å². The van der Waals surface area contributed by atoms with Crippen LogP contribution in [0, 0.1) is 6.92 Å². The molecule has 2 aromatic rings. The van der Waals surface area contributed by atoms with Crippen molar-refractivity contribution in [2.24, 2.45) is 0 Å². The molecule has 4 heteroatoms. The van der Waals surface area contributed by atoms with E-state index < -0.39 is 0 Å². The van der Waals surface area contributed by atoms with Crippen molar-refractivity contribution in [3.63, 3.8) is 0 Å². The van der Waals surface area contributed by atoms with E-state index in [-0.39, 0.29) is 5.78 Å². The number of rotatable bonds is 2. The van der Waals surface area contributed by atoms with Gasteiger partial charge in [0.1, 0.15) is 5.82 Å². The van der Waals surface area contributed by atoms with Gasteiger partial charge in [0.2, 0.25) is 0 Å². The summed E-state index contributed by atoms with van der Waals surface area (Å²) in [5.74, 6) is 0.889. The lowest BCUT2D eigenvalue weighted by molar-refractivity contribution is 0.101. The quantitative estimate of drug-likeness (QED) is 0.696. The first-order valence-corrected chi connectivity index (χ1v) is 4.65. The Balaban J connectivity index is 2.50. The van der Waals surface area contributed by atoms with Crippen LogP contribution >= 0.6 is 0 Å². The summed E-state index contributed by atoms with van der Waals surface area (Å²) in [6, 6.07) is 1.81. The van der Waals surface area contributed by atoms with E-state index in [1.807, 2.05) is 23.8 Å². The van der Waals surface area contributed by atoms with Crippen LogP contribution in [0.2, 0.25) is 0 Å². The lowest BCUT2D eigenvalue weighted by Crippen LogP contribution is -2.00. The second kappa shape index (κ2) is 3.65. The molecule has 0 unspecified atom stereocenters. The molecule has 0 radical (unpaired) electrons. The van der Waals surface area contributed by atoms with Crippen molar-refractivity contribution in [3.05, 3.63) is 42.2 Å². The summed E-state index contributed by atoms with van der Waals surface area (Å²) >= 11 is 0. The lowest BCUT2D eigenvalue weighted by atomic mass is 10.2. The minimum atomic E-state index is 0.0159. The first kappa shape index (κ1) is 9.58. The van der Waals surface area contributed by atoms with Crippen LogP contribution in [0.1, 0.15) is 23.1 Å². The van der Waals surface area contributed by atoms with Crippen molar-refractivity contribution < 1.29 is 4.79 Å². The predicted octanol–water partition coefficient (Wildman–Crippen LogP) is 1.78. The van der Waals surface area contributed by atoms with Gasteiger partial charge in [-0.3, -0.25) is 9.78 Å². The van der Waals surface area contributed by atoms with E-state index in [2.05, 4.69) is 9.97 Å². The Labute approximate surface area is 87.6 Å². The molecule has 0 N–H and O–H groups in total. The highest BCUT2D eigenvalue weighted by Gasteiger charge is 2.04. The molecule has 0 aliphatic heterocycles. The topological polar surface area (TPSA) is 47.8 Å². The largest absolute Gasteiger partial charge is 0.302 e. The third-order valence-corrected chi connectivity index (χ3v) is 2.23. The van der Waals surface area contributed by atoms with Crippen LogP contribution < -0.4 is 0 Å². The first-order chi connectivity index (χ1) is 7.18. The van der Waals surface area contributed by atoms with E-state index in [9.17, 15) is 4.79 Å². The molecular weight excluding hydrogens is 190 g/mol. The zero-order valence-corrected chi connectivity index (χ0v) is 8.64. The molecule has 0 aromatic carbocycles. The van der Waals surface area contributed by atoms with Gasteiger partial charge in [-0.05, 0) is 19.9 Å². The molecule has 2 heterocycles. The van der Waals surface area contributed by atoms with E-state index in [1.165, 1.54) is 6.92 Å². The van der Waals surface area contributed by atoms with Crippen LogP contribution in [-0.4, -0.2) is 20.3 Å². The van der Waals surface area contributed by atoms with Gasteiger partial charge in [0, 0.05) is 24.2 Å². The second-order valence-electron chi connectivity index (χ2n) is 3.33. The molecule has 0 aliphatic rings. The van der Waals surface area contributed by atoms with Crippen molar-refractivity contribution in [1.29, 1.82) is 0 Å². The molecule has 76 valence electrons. The van der Waals surface area contributed by atoms with Gasteiger partial charge in [0.15, 0.2) is 5.78 Å². The first-order valence-electron chi connectivity index (χ1n) is 4.65. The van der Waals surface area contributed by atoms with Gasteiger partial charge < -0.3 is 4.57 Å². The van der Waals surface area contributed by atoms with E-state index in [0.29, 0.717) is 5.56 Å². The molecule has 0 fully saturated rings. The number of hydrogen-bond donors (Lipinski definition) is 0. The summed E-state index contributed by atoms with van der Waals surface area (Å²) in [6.07, 6.45) is 6.84. The lowest BCUT2D eigenvalue weighted by Gasteiger charge is -2.05. The minimum absolute atomic E-state index is 0.0159. The van der Waals surface area contributed by atoms with Crippen LogP contribution in [0.4, 0.5) is 0 Å². The van der Waals surface area contributed by atoms with Crippen molar-refractivity contribution in [3.8, 4) is 5.69 Å². The number of ketones is 1. The Kier molecular flexibility index (Phi) is 2.33. The summed E-state index contributed by atoms with van der Waals surface area (Å²) in [6.45, 7) is 3.43. The Morgan fingerprint density at radius 1 is 1.40 bits per heavy atom. The molecule has 0 amide bonds. The average Bonchev–Trinajstić information content (AvgIpc) is 2.64. The molecule has 0 bridgehead atoms. The predicted molar refractivity (Wildman–Crippen MR) is 56.1 cm³/mol. The van der Waals surface area contributed by atoms with E-state index >= 15 is 0 Å². The van der Waals surface area contributed by atoms with Gasteiger partial charge in [-0.15, -0.1) is 0 Å². The maximum absolute atomic E-state index is 11.2.